The minimum absolute atomic E-state index is 0.658. The molecule has 0 radical (unpaired) electrons. The maximum absolute atomic E-state index is 5.18. The Balaban J connectivity index is 1.86. The van der Waals surface area contributed by atoms with Gasteiger partial charge >= 0.3 is 0 Å². The van der Waals surface area contributed by atoms with Crippen molar-refractivity contribution in [2.45, 2.75) is 6.54 Å². The highest BCUT2D eigenvalue weighted by Gasteiger charge is 2.15. The molecule has 106 valence electrons. The van der Waals surface area contributed by atoms with Gasteiger partial charge in [-0.05, 0) is 36.4 Å². The number of aromatic nitrogens is 4. The second kappa shape index (κ2) is 5.75. The van der Waals surface area contributed by atoms with Crippen LogP contribution >= 0.6 is 0 Å². The Hall–Kier alpha value is -2.69. The number of aryl methyl sites for hydroxylation is 1. The van der Waals surface area contributed by atoms with Crippen LogP contribution < -0.4 is 9.42 Å². The van der Waals surface area contributed by atoms with Crippen molar-refractivity contribution >= 4 is 0 Å². The highest BCUT2D eigenvalue weighted by molar-refractivity contribution is 5.58. The first-order valence-electron chi connectivity index (χ1n) is 6.74. The molecule has 0 N–H and O–H groups in total. The number of nitrogens with zero attached hydrogens (tertiary/aromatic N) is 4. The average Bonchev–Trinajstić information content (AvgIpc) is 2.89. The fraction of sp³-hybridized carbons (Fsp3) is 0.188. The van der Waals surface area contributed by atoms with Crippen LogP contribution in [0.1, 0.15) is 5.69 Å². The van der Waals surface area contributed by atoms with Crippen LogP contribution in [0.2, 0.25) is 0 Å². The van der Waals surface area contributed by atoms with E-state index in [1.54, 1.807) is 13.3 Å². The molecule has 5 nitrogen and oxygen atoms in total. The van der Waals surface area contributed by atoms with E-state index in [1.165, 1.54) is 0 Å². The summed E-state index contributed by atoms with van der Waals surface area (Å²) in [6.45, 7) is 0.658. The molecule has 0 saturated carbocycles. The lowest BCUT2D eigenvalue weighted by Gasteiger charge is -1.99. The molecule has 21 heavy (non-hydrogen) atoms. The highest BCUT2D eigenvalue weighted by Crippen LogP contribution is 2.20. The molecule has 1 aromatic carbocycles. The first-order valence-corrected chi connectivity index (χ1v) is 6.74. The molecule has 5 heteroatoms. The molecular formula is C16H17N4O+. The van der Waals surface area contributed by atoms with E-state index >= 15 is 0 Å². The van der Waals surface area contributed by atoms with Crippen molar-refractivity contribution in [1.82, 2.24) is 14.9 Å². The summed E-state index contributed by atoms with van der Waals surface area (Å²) in [7, 11) is 3.61. The first kappa shape index (κ1) is 13.3. The predicted octanol–water partition coefficient (Wildman–Crippen LogP) is 1.83. The smallest absolute Gasteiger partial charge is 0.197 e. The number of hydrogen-bond acceptors (Lipinski definition) is 3. The quantitative estimate of drug-likeness (QED) is 0.685. The van der Waals surface area contributed by atoms with Crippen LogP contribution in [0.4, 0.5) is 0 Å². The van der Waals surface area contributed by atoms with Crippen molar-refractivity contribution in [3.63, 3.8) is 0 Å². The van der Waals surface area contributed by atoms with E-state index in [2.05, 4.69) is 10.2 Å². The van der Waals surface area contributed by atoms with E-state index in [-0.39, 0.29) is 0 Å². The largest absolute Gasteiger partial charge is 0.497 e. The van der Waals surface area contributed by atoms with Crippen LogP contribution in [0.5, 0.6) is 5.75 Å². The second-order valence-electron chi connectivity index (χ2n) is 4.77. The zero-order valence-electron chi connectivity index (χ0n) is 12.1. The van der Waals surface area contributed by atoms with Gasteiger partial charge in [0, 0.05) is 11.8 Å². The molecule has 3 rings (SSSR count). The van der Waals surface area contributed by atoms with Crippen molar-refractivity contribution in [2.75, 3.05) is 7.11 Å². The molecule has 0 spiro atoms. The number of ether oxygens (including phenoxy) is 1. The summed E-state index contributed by atoms with van der Waals surface area (Å²) >= 11 is 0. The fourth-order valence-corrected chi connectivity index (χ4v) is 2.23. The van der Waals surface area contributed by atoms with Crippen LogP contribution in [0, 0.1) is 0 Å². The molecule has 0 unspecified atom stereocenters. The minimum Gasteiger partial charge on any atom is -0.497 e. The molecule has 0 atom stereocenters. The van der Waals surface area contributed by atoms with E-state index in [1.807, 2.05) is 65.1 Å². The third kappa shape index (κ3) is 2.91. The molecule has 0 fully saturated rings. The molecule has 0 aliphatic carbocycles. The van der Waals surface area contributed by atoms with Gasteiger partial charge in [0.15, 0.2) is 18.4 Å². The Labute approximate surface area is 123 Å². The molecule has 0 bridgehead atoms. The van der Waals surface area contributed by atoms with E-state index < -0.39 is 0 Å². The normalized spacial score (nSPS) is 10.6. The predicted molar refractivity (Wildman–Crippen MR) is 78.7 cm³/mol. The Bertz CT molecular complexity index is 720. The Morgan fingerprint density at radius 2 is 1.95 bits per heavy atom. The van der Waals surface area contributed by atoms with Crippen LogP contribution in [0.25, 0.3) is 11.3 Å². The summed E-state index contributed by atoms with van der Waals surface area (Å²) in [4.78, 5) is 4.32. The van der Waals surface area contributed by atoms with Gasteiger partial charge in [0.25, 0.3) is 0 Å². The van der Waals surface area contributed by atoms with Gasteiger partial charge in [-0.2, -0.15) is 0 Å². The lowest BCUT2D eigenvalue weighted by atomic mass is 10.1. The summed E-state index contributed by atoms with van der Waals surface area (Å²) in [5, 5.41) is 4.49. The van der Waals surface area contributed by atoms with E-state index in [4.69, 9.17) is 4.74 Å². The van der Waals surface area contributed by atoms with E-state index in [9.17, 15) is 0 Å². The van der Waals surface area contributed by atoms with Crippen molar-refractivity contribution in [3.8, 4) is 17.0 Å². The minimum atomic E-state index is 0.658. The number of pyridine rings is 1. The average molecular weight is 281 g/mol. The van der Waals surface area contributed by atoms with Crippen LogP contribution in [0.15, 0.2) is 54.9 Å². The Kier molecular flexibility index (Phi) is 3.64. The molecular weight excluding hydrogens is 264 g/mol. The van der Waals surface area contributed by atoms with Gasteiger partial charge in [-0.25, -0.2) is 0 Å². The van der Waals surface area contributed by atoms with E-state index in [0.717, 1.165) is 22.7 Å². The van der Waals surface area contributed by atoms with E-state index in [0.29, 0.717) is 6.54 Å². The number of benzene rings is 1. The second-order valence-corrected chi connectivity index (χ2v) is 4.77. The summed E-state index contributed by atoms with van der Waals surface area (Å²) in [6.07, 6.45) is 3.82. The van der Waals surface area contributed by atoms with Crippen LogP contribution in [0.3, 0.4) is 0 Å². The van der Waals surface area contributed by atoms with Crippen molar-refractivity contribution in [1.29, 1.82) is 0 Å². The third-order valence-electron chi connectivity index (χ3n) is 3.30. The number of rotatable bonds is 4. The van der Waals surface area contributed by atoms with Gasteiger partial charge in [-0.1, -0.05) is 6.07 Å². The summed E-state index contributed by atoms with van der Waals surface area (Å²) in [5.41, 5.74) is 3.14. The Morgan fingerprint density at radius 1 is 1.14 bits per heavy atom. The third-order valence-corrected chi connectivity index (χ3v) is 3.30. The van der Waals surface area contributed by atoms with Crippen molar-refractivity contribution in [2.24, 2.45) is 7.05 Å². The summed E-state index contributed by atoms with van der Waals surface area (Å²) in [6, 6.07) is 13.8. The topological polar surface area (TPSA) is 43.8 Å². The van der Waals surface area contributed by atoms with Gasteiger partial charge in [0.2, 0.25) is 0 Å². The maximum atomic E-state index is 5.18. The maximum Gasteiger partial charge on any atom is 0.197 e. The fourth-order valence-electron chi connectivity index (χ4n) is 2.23. The van der Waals surface area contributed by atoms with Crippen molar-refractivity contribution in [3.05, 3.63) is 60.6 Å². The molecule has 2 aromatic heterocycles. The highest BCUT2D eigenvalue weighted by atomic mass is 16.5. The SMILES string of the molecule is COc1ccc(-c2c[n+](Cc3ccccn3)nn2C)cc1. The van der Waals surface area contributed by atoms with Gasteiger partial charge in [0.05, 0.1) is 18.0 Å². The molecule has 0 aliphatic rings. The summed E-state index contributed by atoms with van der Waals surface area (Å²) < 4.78 is 8.94. The first-order chi connectivity index (χ1) is 10.3. The van der Waals surface area contributed by atoms with Gasteiger partial charge in [0.1, 0.15) is 12.8 Å². The number of hydrogen-bond donors (Lipinski definition) is 0. The van der Waals surface area contributed by atoms with Crippen LogP contribution in [-0.4, -0.2) is 22.0 Å². The number of methoxy groups -OCH3 is 1. The van der Waals surface area contributed by atoms with Crippen molar-refractivity contribution < 1.29 is 9.42 Å². The van der Waals surface area contributed by atoms with Gasteiger partial charge in [-0.15, -0.1) is 9.36 Å². The van der Waals surface area contributed by atoms with Gasteiger partial charge in [-0.3, -0.25) is 4.98 Å². The molecule has 0 amide bonds. The molecule has 3 aromatic rings. The monoisotopic (exact) mass is 281 g/mol. The zero-order chi connectivity index (χ0) is 14.7. The molecule has 0 aliphatic heterocycles. The lowest BCUT2D eigenvalue weighted by molar-refractivity contribution is -0.747. The zero-order valence-corrected chi connectivity index (χ0v) is 12.1. The van der Waals surface area contributed by atoms with Gasteiger partial charge < -0.3 is 4.74 Å². The van der Waals surface area contributed by atoms with Crippen LogP contribution in [-0.2, 0) is 13.6 Å². The molecule has 0 saturated heterocycles. The lowest BCUT2D eigenvalue weighted by Crippen LogP contribution is -2.36. The standard InChI is InChI=1S/C16H17N4O/c1-19-16(13-6-8-15(21-2)9-7-13)12-20(18-19)11-14-5-3-4-10-17-14/h3-10,12H,11H2,1-2H3/q+1. The molecule has 2 heterocycles. The summed E-state index contributed by atoms with van der Waals surface area (Å²) in [5.74, 6) is 0.849. The Morgan fingerprint density at radius 3 is 2.62 bits per heavy atom.